The van der Waals surface area contributed by atoms with Crippen LogP contribution in [0.5, 0.6) is 0 Å². The maximum absolute atomic E-state index is 9.12. The highest BCUT2D eigenvalue weighted by Crippen LogP contribution is 2.13. The van der Waals surface area contributed by atoms with Crippen LogP contribution >= 0.6 is 0 Å². The van der Waals surface area contributed by atoms with E-state index >= 15 is 0 Å². The molecule has 0 aromatic rings. The Morgan fingerprint density at radius 1 is 1.30 bits per heavy atom. The quantitative estimate of drug-likeness (QED) is 0.487. The average molecular weight is 147 g/mol. The Morgan fingerprint density at radius 2 is 1.90 bits per heavy atom. The van der Waals surface area contributed by atoms with Gasteiger partial charge in [0.25, 0.3) is 0 Å². The molecule has 0 saturated carbocycles. The second-order valence-electron chi connectivity index (χ2n) is 2.62. The van der Waals surface area contributed by atoms with E-state index in [4.69, 9.17) is 15.9 Å². The summed E-state index contributed by atoms with van der Waals surface area (Å²) < 4.78 is 0. The molecule has 0 amide bonds. The molecular formula is C7H17NO2. The van der Waals surface area contributed by atoms with E-state index in [0.29, 0.717) is 13.0 Å². The molecular weight excluding hydrogens is 130 g/mol. The van der Waals surface area contributed by atoms with E-state index in [1.165, 1.54) is 0 Å². The highest BCUT2D eigenvalue weighted by atomic mass is 16.5. The molecule has 0 heterocycles. The van der Waals surface area contributed by atoms with E-state index in [1.54, 1.807) is 0 Å². The summed E-state index contributed by atoms with van der Waals surface area (Å²) >= 11 is 0. The van der Waals surface area contributed by atoms with Crippen LogP contribution in [0.2, 0.25) is 0 Å². The van der Waals surface area contributed by atoms with E-state index in [2.05, 4.69) is 0 Å². The molecule has 0 atom stereocenters. The fourth-order valence-corrected chi connectivity index (χ4v) is 0.816. The third kappa shape index (κ3) is 4.73. The first-order valence-corrected chi connectivity index (χ1v) is 3.77. The Balaban J connectivity index is 3.42. The lowest BCUT2D eigenvalue weighted by molar-refractivity contribution is -0.169. The van der Waals surface area contributed by atoms with E-state index in [1.807, 2.05) is 6.92 Å². The molecule has 0 spiro atoms. The number of unbranched alkanes of at least 4 members (excludes halogenated alkanes) is 1. The largest absolute Gasteiger partial charge is 0.366 e. The van der Waals surface area contributed by atoms with E-state index in [9.17, 15) is 0 Å². The molecule has 3 heteroatoms. The van der Waals surface area contributed by atoms with Gasteiger partial charge in [0.2, 0.25) is 0 Å². The molecule has 0 aromatic heterocycles. The van der Waals surface area contributed by atoms with Gasteiger partial charge in [0.15, 0.2) is 5.79 Å². The van der Waals surface area contributed by atoms with Crippen LogP contribution in [0, 0.1) is 0 Å². The molecule has 4 N–H and O–H groups in total. The minimum absolute atomic E-state index is 0.271. The molecule has 3 nitrogen and oxygen atoms in total. The van der Waals surface area contributed by atoms with Crippen LogP contribution < -0.4 is 5.73 Å². The van der Waals surface area contributed by atoms with Crippen LogP contribution in [-0.4, -0.2) is 22.5 Å². The predicted octanol–water partition coefficient (Wildman–Crippen LogP) is 0.206. The highest BCUT2D eigenvalue weighted by Gasteiger charge is 2.19. The molecule has 10 heavy (non-hydrogen) atoms. The highest BCUT2D eigenvalue weighted by molar-refractivity contribution is 4.63. The van der Waals surface area contributed by atoms with Crippen molar-refractivity contribution >= 4 is 0 Å². The van der Waals surface area contributed by atoms with Crippen molar-refractivity contribution in [3.8, 4) is 0 Å². The standard InChI is InChI=1S/C7H17NO2/c1-2-3-4-7(9,10)5-6-8/h9-10H,2-6,8H2,1H3. The number of nitrogens with two attached hydrogens (primary N) is 1. The zero-order chi connectivity index (χ0) is 8.04. The predicted molar refractivity (Wildman–Crippen MR) is 40.4 cm³/mol. The molecule has 0 bridgehead atoms. The van der Waals surface area contributed by atoms with Crippen LogP contribution in [-0.2, 0) is 0 Å². The number of aliphatic hydroxyl groups is 2. The Bertz CT molecular complexity index is 83.7. The van der Waals surface area contributed by atoms with Crippen LogP contribution in [0.4, 0.5) is 0 Å². The van der Waals surface area contributed by atoms with Gasteiger partial charge in [-0.15, -0.1) is 0 Å². The maximum atomic E-state index is 9.12. The number of rotatable bonds is 5. The lowest BCUT2D eigenvalue weighted by atomic mass is 10.1. The molecule has 0 aliphatic carbocycles. The fourth-order valence-electron chi connectivity index (χ4n) is 0.816. The van der Waals surface area contributed by atoms with E-state index < -0.39 is 5.79 Å². The summed E-state index contributed by atoms with van der Waals surface area (Å²) in [5.41, 5.74) is 5.17. The first-order valence-electron chi connectivity index (χ1n) is 3.77. The molecule has 0 aliphatic rings. The first kappa shape index (κ1) is 9.88. The average Bonchev–Trinajstić information content (AvgIpc) is 1.84. The summed E-state index contributed by atoms with van der Waals surface area (Å²) in [6.45, 7) is 2.34. The van der Waals surface area contributed by atoms with Crippen molar-refractivity contribution in [1.82, 2.24) is 0 Å². The van der Waals surface area contributed by atoms with Crippen LogP contribution in [0.3, 0.4) is 0 Å². The third-order valence-electron chi connectivity index (χ3n) is 1.48. The van der Waals surface area contributed by atoms with Crippen molar-refractivity contribution in [3.63, 3.8) is 0 Å². The van der Waals surface area contributed by atoms with Gasteiger partial charge in [-0.05, 0) is 13.0 Å². The second kappa shape index (κ2) is 4.66. The van der Waals surface area contributed by atoms with Crippen LogP contribution in [0.25, 0.3) is 0 Å². The van der Waals surface area contributed by atoms with Crippen molar-refractivity contribution in [2.24, 2.45) is 5.73 Å². The zero-order valence-electron chi connectivity index (χ0n) is 6.51. The van der Waals surface area contributed by atoms with Crippen LogP contribution in [0.1, 0.15) is 32.6 Å². The normalized spacial score (nSPS) is 12.0. The summed E-state index contributed by atoms with van der Waals surface area (Å²) in [4.78, 5) is 0. The van der Waals surface area contributed by atoms with Gasteiger partial charge in [-0.3, -0.25) is 0 Å². The van der Waals surface area contributed by atoms with Crippen molar-refractivity contribution in [1.29, 1.82) is 0 Å². The van der Waals surface area contributed by atoms with Crippen molar-refractivity contribution in [3.05, 3.63) is 0 Å². The Hall–Kier alpha value is -0.120. The first-order chi connectivity index (χ1) is 4.62. The molecule has 0 unspecified atom stereocenters. The minimum atomic E-state index is -1.52. The smallest absolute Gasteiger partial charge is 0.163 e. The zero-order valence-corrected chi connectivity index (χ0v) is 6.51. The lowest BCUT2D eigenvalue weighted by Crippen LogP contribution is -2.30. The van der Waals surface area contributed by atoms with E-state index in [-0.39, 0.29) is 6.42 Å². The SMILES string of the molecule is CCCCC(O)(O)CCN. The lowest BCUT2D eigenvalue weighted by Gasteiger charge is -2.19. The third-order valence-corrected chi connectivity index (χ3v) is 1.48. The molecule has 0 radical (unpaired) electrons. The summed E-state index contributed by atoms with van der Waals surface area (Å²) in [6.07, 6.45) is 2.52. The summed E-state index contributed by atoms with van der Waals surface area (Å²) in [6, 6.07) is 0. The van der Waals surface area contributed by atoms with Crippen molar-refractivity contribution in [2.45, 2.75) is 38.4 Å². The van der Waals surface area contributed by atoms with Gasteiger partial charge < -0.3 is 15.9 Å². The van der Waals surface area contributed by atoms with Gasteiger partial charge in [-0.1, -0.05) is 13.3 Å². The monoisotopic (exact) mass is 147 g/mol. The minimum Gasteiger partial charge on any atom is -0.366 e. The number of hydrogen-bond acceptors (Lipinski definition) is 3. The van der Waals surface area contributed by atoms with Gasteiger partial charge in [0, 0.05) is 12.8 Å². The Labute approximate surface area is 61.9 Å². The molecule has 0 rings (SSSR count). The summed E-state index contributed by atoms with van der Waals surface area (Å²) in [5, 5.41) is 18.2. The summed E-state index contributed by atoms with van der Waals surface area (Å²) in [5.74, 6) is -1.52. The molecule has 0 aromatic carbocycles. The molecule has 0 saturated heterocycles. The number of hydrogen-bond donors (Lipinski definition) is 3. The summed E-state index contributed by atoms with van der Waals surface area (Å²) in [7, 11) is 0. The Kier molecular flexibility index (Phi) is 4.60. The molecule has 0 aliphatic heterocycles. The molecule has 62 valence electrons. The van der Waals surface area contributed by atoms with Crippen molar-refractivity contribution in [2.75, 3.05) is 6.54 Å². The van der Waals surface area contributed by atoms with Gasteiger partial charge in [0.1, 0.15) is 0 Å². The van der Waals surface area contributed by atoms with Gasteiger partial charge in [-0.25, -0.2) is 0 Å². The van der Waals surface area contributed by atoms with Gasteiger partial charge in [-0.2, -0.15) is 0 Å². The second-order valence-corrected chi connectivity index (χ2v) is 2.62. The Morgan fingerprint density at radius 3 is 2.30 bits per heavy atom. The van der Waals surface area contributed by atoms with E-state index in [0.717, 1.165) is 12.8 Å². The van der Waals surface area contributed by atoms with Gasteiger partial charge in [0.05, 0.1) is 0 Å². The van der Waals surface area contributed by atoms with Gasteiger partial charge >= 0.3 is 0 Å². The fraction of sp³-hybridized carbons (Fsp3) is 1.00. The maximum Gasteiger partial charge on any atom is 0.163 e. The molecule has 0 fully saturated rings. The van der Waals surface area contributed by atoms with Crippen molar-refractivity contribution < 1.29 is 10.2 Å². The topological polar surface area (TPSA) is 66.5 Å². The van der Waals surface area contributed by atoms with Crippen LogP contribution in [0.15, 0.2) is 0 Å².